The fraction of sp³-hybridized carbons (Fsp3) is 0.400. The highest BCUT2D eigenvalue weighted by Crippen LogP contribution is 2.13. The van der Waals surface area contributed by atoms with Crippen LogP contribution >= 0.6 is 0 Å². The van der Waals surface area contributed by atoms with Gasteiger partial charge in [0.1, 0.15) is 5.76 Å². The van der Waals surface area contributed by atoms with Crippen molar-refractivity contribution in [1.29, 1.82) is 0 Å². The summed E-state index contributed by atoms with van der Waals surface area (Å²) in [5, 5.41) is 20.0. The van der Waals surface area contributed by atoms with E-state index in [0.29, 0.717) is 11.6 Å². The summed E-state index contributed by atoms with van der Waals surface area (Å²) in [5.41, 5.74) is 0. The van der Waals surface area contributed by atoms with Crippen molar-refractivity contribution in [2.45, 2.75) is 13.3 Å². The Morgan fingerprint density at radius 3 is 2.56 bits per heavy atom. The van der Waals surface area contributed by atoms with Crippen molar-refractivity contribution in [3.05, 3.63) is 17.9 Å². The summed E-state index contributed by atoms with van der Waals surface area (Å²) in [6.07, 6.45) is -0.415. The molecule has 0 bridgehead atoms. The molecule has 0 spiro atoms. The molecule has 0 amide bonds. The molecule has 0 aromatic carbocycles. The zero-order valence-corrected chi connectivity index (χ0v) is 8.77. The molecule has 0 saturated heterocycles. The maximum Gasteiger partial charge on any atom is 0.308 e. The van der Waals surface area contributed by atoms with Crippen LogP contribution in [-0.4, -0.2) is 28.7 Å². The fourth-order valence-electron chi connectivity index (χ4n) is 1.21. The molecule has 0 fully saturated rings. The van der Waals surface area contributed by atoms with E-state index in [2.05, 4.69) is 5.32 Å². The van der Waals surface area contributed by atoms with Gasteiger partial charge in [0.15, 0.2) is 5.88 Å². The first-order chi connectivity index (χ1) is 7.49. The third kappa shape index (κ3) is 3.64. The molecule has 1 aromatic rings. The molecule has 1 rings (SSSR count). The molecule has 16 heavy (non-hydrogen) atoms. The highest BCUT2D eigenvalue weighted by molar-refractivity contribution is 5.78. The van der Waals surface area contributed by atoms with Crippen LogP contribution in [0.15, 0.2) is 16.5 Å². The normalized spacial score (nSPS) is 12.1. The van der Waals surface area contributed by atoms with E-state index in [1.807, 2.05) is 0 Å². The molecule has 1 heterocycles. The second-order valence-electron chi connectivity index (χ2n) is 3.42. The highest BCUT2D eigenvalue weighted by atomic mass is 16.4. The van der Waals surface area contributed by atoms with Crippen LogP contribution in [0.25, 0.3) is 0 Å². The third-order valence-electron chi connectivity index (χ3n) is 2.03. The lowest BCUT2D eigenvalue weighted by Gasteiger charge is -2.10. The predicted molar refractivity (Wildman–Crippen MR) is 55.3 cm³/mol. The lowest BCUT2D eigenvalue weighted by atomic mass is 10.1. The maximum atomic E-state index is 10.7. The Kier molecular flexibility index (Phi) is 3.93. The largest absolute Gasteiger partial charge is 0.481 e. The topological polar surface area (TPSA) is 99.8 Å². The minimum atomic E-state index is -1.14. The van der Waals surface area contributed by atoms with Gasteiger partial charge in [0.25, 0.3) is 0 Å². The van der Waals surface area contributed by atoms with E-state index in [-0.39, 0.29) is 6.54 Å². The summed E-state index contributed by atoms with van der Waals surface area (Å²) in [7, 11) is 0. The number of anilines is 1. The van der Waals surface area contributed by atoms with Crippen LogP contribution in [0.4, 0.5) is 5.88 Å². The number of carboxylic acid groups (broad SMARTS) is 2. The summed E-state index contributed by atoms with van der Waals surface area (Å²) in [4.78, 5) is 21.1. The number of furan rings is 1. The summed E-state index contributed by atoms with van der Waals surface area (Å²) in [6.45, 7) is 1.78. The summed E-state index contributed by atoms with van der Waals surface area (Å²) < 4.78 is 5.17. The quantitative estimate of drug-likeness (QED) is 0.674. The van der Waals surface area contributed by atoms with Gasteiger partial charge >= 0.3 is 11.9 Å². The zero-order valence-electron chi connectivity index (χ0n) is 8.77. The Morgan fingerprint density at radius 1 is 1.44 bits per heavy atom. The molecule has 6 heteroatoms. The molecule has 0 aliphatic heterocycles. The summed E-state index contributed by atoms with van der Waals surface area (Å²) in [5.74, 6) is -2.10. The third-order valence-corrected chi connectivity index (χ3v) is 2.03. The molecule has 1 unspecified atom stereocenters. The average molecular weight is 227 g/mol. The molecule has 0 radical (unpaired) electrons. The van der Waals surface area contributed by atoms with E-state index in [0.717, 1.165) is 0 Å². The number of hydrogen-bond acceptors (Lipinski definition) is 4. The SMILES string of the molecule is Cc1ccc(NCC(CC(=O)O)C(=O)O)o1. The van der Waals surface area contributed by atoms with Crippen LogP contribution in [-0.2, 0) is 9.59 Å². The van der Waals surface area contributed by atoms with Gasteiger partial charge in [-0.2, -0.15) is 0 Å². The van der Waals surface area contributed by atoms with E-state index < -0.39 is 24.3 Å². The van der Waals surface area contributed by atoms with Crippen molar-refractivity contribution < 1.29 is 24.2 Å². The summed E-state index contributed by atoms with van der Waals surface area (Å²) >= 11 is 0. The Balaban J connectivity index is 2.50. The van der Waals surface area contributed by atoms with Crippen LogP contribution in [0, 0.1) is 12.8 Å². The molecular formula is C10H13NO5. The van der Waals surface area contributed by atoms with Crippen molar-refractivity contribution in [3.8, 4) is 0 Å². The lowest BCUT2D eigenvalue weighted by Crippen LogP contribution is -2.25. The van der Waals surface area contributed by atoms with Crippen LogP contribution in [0.3, 0.4) is 0 Å². The molecule has 6 nitrogen and oxygen atoms in total. The van der Waals surface area contributed by atoms with Crippen molar-refractivity contribution in [1.82, 2.24) is 0 Å². The van der Waals surface area contributed by atoms with E-state index in [1.165, 1.54) is 0 Å². The molecule has 1 atom stereocenters. The fourth-order valence-corrected chi connectivity index (χ4v) is 1.21. The van der Waals surface area contributed by atoms with E-state index in [4.69, 9.17) is 14.6 Å². The van der Waals surface area contributed by atoms with Gasteiger partial charge in [-0.05, 0) is 13.0 Å². The molecule has 0 saturated carbocycles. The maximum absolute atomic E-state index is 10.7. The van der Waals surface area contributed by atoms with E-state index in [1.54, 1.807) is 19.1 Å². The molecule has 0 aliphatic carbocycles. The molecule has 1 aromatic heterocycles. The Labute approximate surface area is 91.9 Å². The van der Waals surface area contributed by atoms with Crippen molar-refractivity contribution in [3.63, 3.8) is 0 Å². The average Bonchev–Trinajstić information content (AvgIpc) is 2.58. The van der Waals surface area contributed by atoms with Gasteiger partial charge in [0, 0.05) is 12.6 Å². The monoisotopic (exact) mass is 227 g/mol. The molecule has 88 valence electrons. The Morgan fingerprint density at radius 2 is 2.12 bits per heavy atom. The van der Waals surface area contributed by atoms with Gasteiger partial charge in [0.05, 0.1) is 12.3 Å². The number of carbonyl (C=O) groups is 2. The minimum Gasteiger partial charge on any atom is -0.481 e. The lowest BCUT2D eigenvalue weighted by molar-refractivity contribution is -0.147. The number of hydrogen-bond donors (Lipinski definition) is 3. The van der Waals surface area contributed by atoms with Crippen LogP contribution in [0.5, 0.6) is 0 Å². The summed E-state index contributed by atoms with van der Waals surface area (Å²) in [6, 6.07) is 3.39. The van der Waals surface area contributed by atoms with Gasteiger partial charge < -0.3 is 19.9 Å². The minimum absolute atomic E-state index is 0.0224. The standard InChI is InChI=1S/C10H13NO5/c1-6-2-3-8(16-6)11-5-7(10(14)15)4-9(12)13/h2-3,7,11H,4-5H2,1H3,(H,12,13)(H,14,15). The van der Waals surface area contributed by atoms with Gasteiger partial charge in [-0.3, -0.25) is 9.59 Å². The van der Waals surface area contributed by atoms with Crippen molar-refractivity contribution in [2.75, 3.05) is 11.9 Å². The van der Waals surface area contributed by atoms with Crippen molar-refractivity contribution >= 4 is 17.8 Å². The smallest absolute Gasteiger partial charge is 0.308 e. The van der Waals surface area contributed by atoms with Gasteiger partial charge in [-0.1, -0.05) is 0 Å². The van der Waals surface area contributed by atoms with Crippen LogP contribution in [0.2, 0.25) is 0 Å². The first kappa shape index (κ1) is 12.1. The predicted octanol–water partition coefficient (Wildman–Crippen LogP) is 1.18. The van der Waals surface area contributed by atoms with Gasteiger partial charge in [-0.25, -0.2) is 0 Å². The van der Waals surface area contributed by atoms with Gasteiger partial charge in [-0.15, -0.1) is 0 Å². The first-order valence-electron chi connectivity index (χ1n) is 4.74. The van der Waals surface area contributed by atoms with E-state index >= 15 is 0 Å². The van der Waals surface area contributed by atoms with Crippen LogP contribution < -0.4 is 5.32 Å². The number of rotatable bonds is 6. The highest BCUT2D eigenvalue weighted by Gasteiger charge is 2.20. The Hall–Kier alpha value is -1.98. The second kappa shape index (κ2) is 5.20. The van der Waals surface area contributed by atoms with Gasteiger partial charge in [0.2, 0.25) is 0 Å². The van der Waals surface area contributed by atoms with Crippen LogP contribution in [0.1, 0.15) is 12.2 Å². The molecular weight excluding hydrogens is 214 g/mol. The Bertz CT molecular complexity index is 384. The zero-order chi connectivity index (χ0) is 12.1. The molecule has 0 aliphatic rings. The number of aryl methyl sites for hydroxylation is 1. The number of carboxylic acids is 2. The second-order valence-corrected chi connectivity index (χ2v) is 3.42. The van der Waals surface area contributed by atoms with Crippen molar-refractivity contribution in [2.24, 2.45) is 5.92 Å². The molecule has 3 N–H and O–H groups in total. The number of aliphatic carboxylic acids is 2. The number of nitrogens with one attached hydrogen (secondary N) is 1. The van der Waals surface area contributed by atoms with E-state index in [9.17, 15) is 9.59 Å². The first-order valence-corrected chi connectivity index (χ1v) is 4.74.